The predicted octanol–water partition coefficient (Wildman–Crippen LogP) is 3.04. The van der Waals surface area contributed by atoms with E-state index in [1.807, 2.05) is 0 Å². The van der Waals surface area contributed by atoms with Gasteiger partial charge < -0.3 is 25.0 Å². The fraction of sp³-hybridized carbons (Fsp3) is 0.696. The number of ether oxygens (including phenoxy) is 2. The maximum absolute atomic E-state index is 5.85. The van der Waals surface area contributed by atoms with Gasteiger partial charge in [0.1, 0.15) is 0 Å². The number of rotatable bonds is 9. The smallest absolute Gasteiger partial charge is 0.191 e. The Bertz CT molecular complexity index is 582. The van der Waals surface area contributed by atoms with Crippen molar-refractivity contribution in [1.29, 1.82) is 0 Å². The Kier molecular flexibility index (Phi) is 9.60. The zero-order chi connectivity index (χ0) is 20.2. The topological polar surface area (TPSA) is 58.1 Å². The van der Waals surface area contributed by atoms with E-state index >= 15 is 0 Å². The highest BCUT2D eigenvalue weighted by atomic mass is 16.5. The van der Waals surface area contributed by atoms with Crippen LogP contribution in [-0.4, -0.2) is 64.6 Å². The number of nitrogens with zero attached hydrogens (tertiary/aromatic N) is 2. The molecule has 2 aliphatic heterocycles. The molecule has 0 aliphatic carbocycles. The molecule has 2 aliphatic rings. The summed E-state index contributed by atoms with van der Waals surface area (Å²) in [6, 6.07) is 11.2. The van der Waals surface area contributed by atoms with Crippen molar-refractivity contribution in [2.75, 3.05) is 57.5 Å². The Morgan fingerprint density at radius 3 is 2.62 bits per heavy atom. The molecule has 6 heteroatoms. The molecular formula is C23H38N4O2. The van der Waals surface area contributed by atoms with Crippen LogP contribution >= 0.6 is 0 Å². The molecule has 1 aromatic carbocycles. The summed E-state index contributed by atoms with van der Waals surface area (Å²) < 4.78 is 11.2. The molecule has 0 aromatic heterocycles. The lowest BCUT2D eigenvalue weighted by Gasteiger charge is -2.34. The molecule has 0 atom stereocenters. The average molecular weight is 403 g/mol. The number of hydrogen-bond acceptors (Lipinski definition) is 4. The SMILES string of the molecule is CCNC(=NCCCOCC1CCOCC1)NC1CCN(c2ccccc2)CC1. The number of para-hydroxylation sites is 1. The van der Waals surface area contributed by atoms with Crippen molar-refractivity contribution in [1.82, 2.24) is 10.6 Å². The van der Waals surface area contributed by atoms with E-state index in [0.717, 1.165) is 90.7 Å². The average Bonchev–Trinajstić information content (AvgIpc) is 2.78. The maximum Gasteiger partial charge on any atom is 0.191 e. The van der Waals surface area contributed by atoms with E-state index in [1.165, 1.54) is 5.69 Å². The van der Waals surface area contributed by atoms with Gasteiger partial charge in [0.05, 0.1) is 0 Å². The molecule has 0 radical (unpaired) electrons. The highest BCUT2D eigenvalue weighted by Crippen LogP contribution is 2.19. The predicted molar refractivity (Wildman–Crippen MR) is 120 cm³/mol. The van der Waals surface area contributed by atoms with E-state index in [2.05, 4.69) is 52.8 Å². The second-order valence-electron chi connectivity index (χ2n) is 7.99. The fourth-order valence-electron chi connectivity index (χ4n) is 3.95. The number of piperidine rings is 1. The van der Waals surface area contributed by atoms with Crippen molar-refractivity contribution in [3.8, 4) is 0 Å². The summed E-state index contributed by atoms with van der Waals surface area (Å²) in [5.74, 6) is 1.61. The minimum atomic E-state index is 0.484. The van der Waals surface area contributed by atoms with E-state index < -0.39 is 0 Å². The van der Waals surface area contributed by atoms with Gasteiger partial charge in [-0.05, 0) is 57.1 Å². The number of aliphatic imine (C=N–C) groups is 1. The quantitative estimate of drug-likeness (QED) is 0.378. The van der Waals surface area contributed by atoms with Crippen LogP contribution in [-0.2, 0) is 9.47 Å². The number of nitrogens with one attached hydrogen (secondary N) is 2. The molecule has 2 fully saturated rings. The standard InChI is InChI=1S/C23H38N4O2/c1-2-24-23(25-13-6-16-29-19-20-11-17-28-18-12-20)26-21-9-14-27(15-10-21)22-7-4-3-5-8-22/h3-5,7-8,20-21H,2,6,9-19H2,1H3,(H2,24,25,26). The highest BCUT2D eigenvalue weighted by Gasteiger charge is 2.20. The van der Waals surface area contributed by atoms with Crippen LogP contribution in [0.5, 0.6) is 0 Å². The van der Waals surface area contributed by atoms with E-state index in [1.54, 1.807) is 0 Å². The maximum atomic E-state index is 5.85. The number of hydrogen-bond donors (Lipinski definition) is 2. The van der Waals surface area contributed by atoms with Gasteiger partial charge in [-0.3, -0.25) is 4.99 Å². The van der Waals surface area contributed by atoms with Crippen LogP contribution in [0.25, 0.3) is 0 Å². The Morgan fingerprint density at radius 2 is 1.90 bits per heavy atom. The minimum absolute atomic E-state index is 0.484. The molecule has 2 saturated heterocycles. The minimum Gasteiger partial charge on any atom is -0.381 e. The molecule has 6 nitrogen and oxygen atoms in total. The molecule has 0 bridgehead atoms. The normalized spacial score (nSPS) is 19.3. The zero-order valence-electron chi connectivity index (χ0n) is 17.9. The van der Waals surface area contributed by atoms with E-state index in [-0.39, 0.29) is 0 Å². The van der Waals surface area contributed by atoms with Gasteiger partial charge in [-0.1, -0.05) is 18.2 Å². The van der Waals surface area contributed by atoms with Gasteiger partial charge in [-0.2, -0.15) is 0 Å². The lowest BCUT2D eigenvalue weighted by molar-refractivity contribution is 0.0205. The van der Waals surface area contributed by atoms with Gasteiger partial charge in [0.25, 0.3) is 0 Å². The van der Waals surface area contributed by atoms with Crippen LogP contribution in [0.2, 0.25) is 0 Å². The molecule has 0 unspecified atom stereocenters. The van der Waals surface area contributed by atoms with Crippen molar-refractivity contribution in [3.05, 3.63) is 30.3 Å². The van der Waals surface area contributed by atoms with Crippen molar-refractivity contribution >= 4 is 11.6 Å². The monoisotopic (exact) mass is 402 g/mol. The Morgan fingerprint density at radius 1 is 1.14 bits per heavy atom. The molecular weight excluding hydrogens is 364 g/mol. The molecule has 2 N–H and O–H groups in total. The Balaban J connectivity index is 1.32. The summed E-state index contributed by atoms with van der Waals surface area (Å²) in [5.41, 5.74) is 1.33. The first-order valence-electron chi connectivity index (χ1n) is 11.4. The molecule has 0 spiro atoms. The van der Waals surface area contributed by atoms with Crippen LogP contribution in [0.15, 0.2) is 35.3 Å². The Labute approximate surface area is 176 Å². The van der Waals surface area contributed by atoms with Crippen molar-refractivity contribution in [2.24, 2.45) is 10.9 Å². The molecule has 0 saturated carbocycles. The van der Waals surface area contributed by atoms with Crippen LogP contribution in [0.4, 0.5) is 5.69 Å². The molecule has 3 rings (SSSR count). The largest absolute Gasteiger partial charge is 0.381 e. The van der Waals surface area contributed by atoms with Crippen LogP contribution in [0.3, 0.4) is 0 Å². The van der Waals surface area contributed by atoms with Gasteiger partial charge in [0, 0.05) is 64.3 Å². The first kappa shape index (κ1) is 21.9. The van der Waals surface area contributed by atoms with Crippen LogP contribution < -0.4 is 15.5 Å². The van der Waals surface area contributed by atoms with Crippen molar-refractivity contribution in [2.45, 2.75) is 45.1 Å². The number of benzene rings is 1. The molecule has 162 valence electrons. The molecule has 0 amide bonds. The molecule has 1 aromatic rings. The number of anilines is 1. The fourth-order valence-corrected chi connectivity index (χ4v) is 3.95. The van der Waals surface area contributed by atoms with Crippen molar-refractivity contribution < 1.29 is 9.47 Å². The lowest BCUT2D eigenvalue weighted by Crippen LogP contribution is -2.48. The first-order valence-corrected chi connectivity index (χ1v) is 11.4. The Hall–Kier alpha value is -1.79. The van der Waals surface area contributed by atoms with E-state index in [9.17, 15) is 0 Å². The molecule has 2 heterocycles. The van der Waals surface area contributed by atoms with Crippen LogP contribution in [0.1, 0.15) is 39.0 Å². The van der Waals surface area contributed by atoms with E-state index in [0.29, 0.717) is 12.0 Å². The van der Waals surface area contributed by atoms with Gasteiger partial charge in [-0.15, -0.1) is 0 Å². The summed E-state index contributed by atoms with van der Waals surface area (Å²) in [6.07, 6.45) is 5.50. The summed E-state index contributed by atoms with van der Waals surface area (Å²) in [6.45, 7) is 9.40. The van der Waals surface area contributed by atoms with Gasteiger partial charge in [0.15, 0.2) is 5.96 Å². The second kappa shape index (κ2) is 12.7. The third kappa shape index (κ3) is 7.86. The van der Waals surface area contributed by atoms with E-state index in [4.69, 9.17) is 14.5 Å². The van der Waals surface area contributed by atoms with Gasteiger partial charge >= 0.3 is 0 Å². The summed E-state index contributed by atoms with van der Waals surface area (Å²) >= 11 is 0. The third-order valence-electron chi connectivity index (χ3n) is 5.71. The lowest BCUT2D eigenvalue weighted by atomic mass is 10.0. The number of guanidine groups is 1. The first-order chi connectivity index (χ1) is 14.3. The summed E-state index contributed by atoms with van der Waals surface area (Å²) in [4.78, 5) is 7.22. The van der Waals surface area contributed by atoms with Crippen molar-refractivity contribution in [3.63, 3.8) is 0 Å². The summed E-state index contributed by atoms with van der Waals surface area (Å²) in [5, 5.41) is 7.01. The summed E-state index contributed by atoms with van der Waals surface area (Å²) in [7, 11) is 0. The third-order valence-corrected chi connectivity index (χ3v) is 5.71. The van der Waals surface area contributed by atoms with Gasteiger partial charge in [-0.25, -0.2) is 0 Å². The second-order valence-corrected chi connectivity index (χ2v) is 7.99. The zero-order valence-corrected chi connectivity index (χ0v) is 17.9. The van der Waals surface area contributed by atoms with Gasteiger partial charge in [0.2, 0.25) is 0 Å². The van der Waals surface area contributed by atoms with Crippen LogP contribution in [0, 0.1) is 5.92 Å². The highest BCUT2D eigenvalue weighted by molar-refractivity contribution is 5.80. The molecule has 29 heavy (non-hydrogen) atoms.